The lowest BCUT2D eigenvalue weighted by atomic mass is 9.88. The molecule has 1 heterocycles. The van der Waals surface area contributed by atoms with E-state index in [4.69, 9.17) is 0 Å². The van der Waals surface area contributed by atoms with E-state index in [9.17, 15) is 4.79 Å². The highest BCUT2D eigenvalue weighted by atomic mass is 16.1. The molecule has 0 amide bonds. The lowest BCUT2D eigenvalue weighted by Crippen LogP contribution is -2.23. The molecule has 70 valence electrons. The molecule has 0 spiro atoms. The molecule has 4 heteroatoms. The number of hydrogen-bond donors (Lipinski definition) is 0. The van der Waals surface area contributed by atoms with Crippen molar-refractivity contribution in [2.24, 2.45) is 5.92 Å². The number of hydrogen-bond acceptors (Lipinski definition) is 3. The molecule has 0 saturated heterocycles. The molecule has 0 bridgehead atoms. The van der Waals surface area contributed by atoms with E-state index in [1.165, 1.54) is 6.42 Å². The van der Waals surface area contributed by atoms with Gasteiger partial charge in [0.1, 0.15) is 18.4 Å². The van der Waals surface area contributed by atoms with Gasteiger partial charge in [-0.05, 0) is 12.8 Å². The Kier molecular flexibility index (Phi) is 2.38. The van der Waals surface area contributed by atoms with Crippen LogP contribution in [0.15, 0.2) is 12.7 Å². The number of Topliss-reactive ketones (excluding diaryl/α,β-unsaturated/α-hetero) is 1. The van der Waals surface area contributed by atoms with Gasteiger partial charge in [0.2, 0.25) is 0 Å². The first kappa shape index (κ1) is 8.41. The van der Waals surface area contributed by atoms with Gasteiger partial charge in [-0.25, -0.2) is 0 Å². The molecule has 0 N–H and O–H groups in total. The van der Waals surface area contributed by atoms with Gasteiger partial charge in [-0.15, -0.1) is 10.2 Å². The van der Waals surface area contributed by atoms with Crippen LogP contribution >= 0.6 is 0 Å². The summed E-state index contributed by atoms with van der Waals surface area (Å²) in [6.07, 6.45) is 7.36. The normalized spacial score (nSPS) is 23.4. The minimum Gasteiger partial charge on any atom is -0.319 e. The fourth-order valence-electron chi connectivity index (χ4n) is 1.82. The third kappa shape index (κ3) is 1.94. The fraction of sp³-hybridized carbons (Fsp3) is 0.667. The summed E-state index contributed by atoms with van der Waals surface area (Å²) in [6.45, 7) is 0.756. The van der Waals surface area contributed by atoms with Crippen LogP contribution in [0.25, 0.3) is 0 Å². The van der Waals surface area contributed by atoms with Crippen molar-refractivity contribution >= 4 is 5.78 Å². The third-order valence-electron chi connectivity index (χ3n) is 2.58. The van der Waals surface area contributed by atoms with Crippen LogP contribution in [0.2, 0.25) is 0 Å². The highest BCUT2D eigenvalue weighted by Crippen LogP contribution is 2.21. The average molecular weight is 179 g/mol. The van der Waals surface area contributed by atoms with E-state index in [-0.39, 0.29) is 5.92 Å². The molecular weight excluding hydrogens is 166 g/mol. The molecule has 1 aliphatic rings. The summed E-state index contributed by atoms with van der Waals surface area (Å²) in [7, 11) is 0. The quantitative estimate of drug-likeness (QED) is 0.681. The van der Waals surface area contributed by atoms with Gasteiger partial charge in [-0.3, -0.25) is 4.79 Å². The Hall–Kier alpha value is -1.19. The summed E-state index contributed by atoms with van der Waals surface area (Å²) >= 11 is 0. The molecular formula is C9H13N3O. The predicted molar refractivity (Wildman–Crippen MR) is 47.0 cm³/mol. The molecule has 1 fully saturated rings. The van der Waals surface area contributed by atoms with Crippen LogP contribution < -0.4 is 0 Å². The van der Waals surface area contributed by atoms with E-state index < -0.39 is 0 Å². The fourth-order valence-corrected chi connectivity index (χ4v) is 1.82. The highest BCUT2D eigenvalue weighted by molar-refractivity contribution is 5.81. The van der Waals surface area contributed by atoms with Crippen molar-refractivity contribution in [1.29, 1.82) is 0 Å². The van der Waals surface area contributed by atoms with Gasteiger partial charge in [-0.1, -0.05) is 6.42 Å². The average Bonchev–Trinajstić information content (AvgIpc) is 2.61. The number of aromatic nitrogens is 3. The van der Waals surface area contributed by atoms with Crippen LogP contribution in [0.5, 0.6) is 0 Å². The molecule has 1 aromatic rings. The summed E-state index contributed by atoms with van der Waals surface area (Å²) < 4.78 is 1.88. The minimum absolute atomic E-state index is 0.199. The van der Waals surface area contributed by atoms with Gasteiger partial charge >= 0.3 is 0 Å². The first-order chi connectivity index (χ1) is 6.36. The van der Waals surface area contributed by atoms with Gasteiger partial charge in [0.05, 0.1) is 0 Å². The van der Waals surface area contributed by atoms with Crippen molar-refractivity contribution in [1.82, 2.24) is 14.8 Å². The third-order valence-corrected chi connectivity index (χ3v) is 2.58. The van der Waals surface area contributed by atoms with Gasteiger partial charge < -0.3 is 4.57 Å². The largest absolute Gasteiger partial charge is 0.319 e. The lowest BCUT2D eigenvalue weighted by Gasteiger charge is -2.20. The summed E-state index contributed by atoms with van der Waals surface area (Å²) in [5, 5.41) is 7.43. The molecule has 1 atom stereocenters. The van der Waals surface area contributed by atoms with Crippen molar-refractivity contribution in [3.8, 4) is 0 Å². The van der Waals surface area contributed by atoms with Crippen molar-refractivity contribution in [3.63, 3.8) is 0 Å². The zero-order valence-electron chi connectivity index (χ0n) is 7.52. The van der Waals surface area contributed by atoms with Gasteiger partial charge in [-0.2, -0.15) is 0 Å². The number of carbonyl (C=O) groups excluding carboxylic acids is 1. The molecule has 0 aromatic carbocycles. The Morgan fingerprint density at radius 1 is 1.38 bits per heavy atom. The van der Waals surface area contributed by atoms with Crippen LogP contribution in [0.3, 0.4) is 0 Å². The van der Waals surface area contributed by atoms with Crippen molar-refractivity contribution in [2.75, 3.05) is 0 Å². The second-order valence-corrected chi connectivity index (χ2v) is 3.57. The topological polar surface area (TPSA) is 47.8 Å². The molecule has 0 aliphatic heterocycles. The summed E-state index contributed by atoms with van der Waals surface area (Å²) in [4.78, 5) is 11.5. The Balaban J connectivity index is 1.97. The maximum absolute atomic E-state index is 11.5. The van der Waals surface area contributed by atoms with E-state index >= 15 is 0 Å². The van der Waals surface area contributed by atoms with Crippen LogP contribution in [-0.4, -0.2) is 20.5 Å². The Morgan fingerprint density at radius 2 is 2.15 bits per heavy atom. The Bertz CT molecular complexity index is 281. The van der Waals surface area contributed by atoms with E-state index in [1.807, 2.05) is 4.57 Å². The SMILES string of the molecule is O=C1CCCCC1Cn1cnnc1. The number of carbonyl (C=O) groups is 1. The van der Waals surface area contributed by atoms with E-state index in [1.54, 1.807) is 12.7 Å². The molecule has 1 aliphatic carbocycles. The number of nitrogens with zero attached hydrogens (tertiary/aromatic N) is 3. The van der Waals surface area contributed by atoms with E-state index in [0.29, 0.717) is 5.78 Å². The van der Waals surface area contributed by atoms with Gasteiger partial charge in [0.15, 0.2) is 0 Å². The zero-order valence-corrected chi connectivity index (χ0v) is 7.52. The van der Waals surface area contributed by atoms with E-state index in [0.717, 1.165) is 25.8 Å². The first-order valence-corrected chi connectivity index (χ1v) is 4.71. The van der Waals surface area contributed by atoms with Gasteiger partial charge in [0.25, 0.3) is 0 Å². The molecule has 1 saturated carbocycles. The molecule has 1 aromatic heterocycles. The summed E-state index contributed by atoms with van der Waals surface area (Å²) in [5.74, 6) is 0.602. The van der Waals surface area contributed by atoms with Crippen LogP contribution in [-0.2, 0) is 11.3 Å². The second kappa shape index (κ2) is 3.68. The molecule has 1 unspecified atom stereocenters. The van der Waals surface area contributed by atoms with Crippen LogP contribution in [0.1, 0.15) is 25.7 Å². The van der Waals surface area contributed by atoms with Crippen LogP contribution in [0.4, 0.5) is 0 Å². The Morgan fingerprint density at radius 3 is 2.85 bits per heavy atom. The monoisotopic (exact) mass is 179 g/mol. The standard InChI is InChI=1S/C9H13N3O/c13-9-4-2-1-3-8(9)5-12-6-10-11-7-12/h6-8H,1-5H2. The summed E-state index contributed by atoms with van der Waals surface area (Å²) in [6, 6.07) is 0. The Labute approximate surface area is 77.0 Å². The molecule has 4 nitrogen and oxygen atoms in total. The predicted octanol–water partition coefficient (Wildman–Crippen LogP) is 1.04. The molecule has 13 heavy (non-hydrogen) atoms. The van der Waals surface area contributed by atoms with Crippen molar-refractivity contribution in [3.05, 3.63) is 12.7 Å². The highest BCUT2D eigenvalue weighted by Gasteiger charge is 2.22. The smallest absolute Gasteiger partial charge is 0.137 e. The second-order valence-electron chi connectivity index (χ2n) is 3.57. The molecule has 0 radical (unpaired) electrons. The number of rotatable bonds is 2. The summed E-state index contributed by atoms with van der Waals surface area (Å²) in [5.41, 5.74) is 0. The van der Waals surface area contributed by atoms with E-state index in [2.05, 4.69) is 10.2 Å². The maximum atomic E-state index is 11.5. The maximum Gasteiger partial charge on any atom is 0.137 e. The lowest BCUT2D eigenvalue weighted by molar-refractivity contribution is -0.125. The van der Waals surface area contributed by atoms with Crippen molar-refractivity contribution < 1.29 is 4.79 Å². The van der Waals surface area contributed by atoms with Crippen molar-refractivity contribution in [2.45, 2.75) is 32.2 Å². The minimum atomic E-state index is 0.199. The molecule has 2 rings (SSSR count). The zero-order chi connectivity index (χ0) is 9.10. The van der Waals surface area contributed by atoms with Gasteiger partial charge in [0, 0.05) is 18.9 Å². The number of ketones is 1. The first-order valence-electron chi connectivity index (χ1n) is 4.71. The van der Waals surface area contributed by atoms with Crippen LogP contribution in [0, 0.1) is 5.92 Å².